The van der Waals surface area contributed by atoms with Crippen molar-refractivity contribution in [3.63, 3.8) is 0 Å². The minimum atomic E-state index is -0.299. The van der Waals surface area contributed by atoms with Crippen molar-refractivity contribution in [2.24, 2.45) is 0 Å². The molecule has 100 valence electrons. The molecule has 0 spiro atoms. The zero-order chi connectivity index (χ0) is 14.0. The van der Waals surface area contributed by atoms with Crippen molar-refractivity contribution in [3.05, 3.63) is 41.5 Å². The lowest BCUT2D eigenvalue weighted by molar-refractivity contribution is 0.396. The molecule has 0 saturated heterocycles. The summed E-state index contributed by atoms with van der Waals surface area (Å²) in [6.45, 7) is 3.96. The number of aromatic hydroxyl groups is 3. The molecule has 3 nitrogen and oxygen atoms in total. The van der Waals surface area contributed by atoms with E-state index < -0.39 is 0 Å². The molecule has 19 heavy (non-hydrogen) atoms. The summed E-state index contributed by atoms with van der Waals surface area (Å²) in [6.07, 6.45) is 1.46. The lowest BCUT2D eigenvalue weighted by atomic mass is 9.94. The van der Waals surface area contributed by atoms with E-state index in [0.29, 0.717) is 17.5 Å². The fourth-order valence-corrected chi connectivity index (χ4v) is 2.30. The van der Waals surface area contributed by atoms with Crippen LogP contribution >= 0.6 is 0 Å². The molecule has 0 aliphatic carbocycles. The lowest BCUT2D eigenvalue weighted by Crippen LogP contribution is -1.91. The molecule has 0 aliphatic heterocycles. The summed E-state index contributed by atoms with van der Waals surface area (Å²) in [4.78, 5) is 0. The fourth-order valence-electron chi connectivity index (χ4n) is 2.30. The van der Waals surface area contributed by atoms with E-state index >= 15 is 0 Å². The molecule has 0 saturated carbocycles. The highest BCUT2D eigenvalue weighted by atomic mass is 16.3. The number of hydrogen-bond donors (Lipinski definition) is 3. The van der Waals surface area contributed by atoms with Crippen LogP contribution in [0.15, 0.2) is 30.3 Å². The molecule has 0 fully saturated rings. The van der Waals surface area contributed by atoms with Gasteiger partial charge in [0.15, 0.2) is 11.5 Å². The van der Waals surface area contributed by atoms with Crippen molar-refractivity contribution in [1.82, 2.24) is 0 Å². The highest BCUT2D eigenvalue weighted by molar-refractivity contribution is 5.79. The zero-order valence-corrected chi connectivity index (χ0v) is 11.1. The van der Waals surface area contributed by atoms with Crippen LogP contribution in [-0.2, 0) is 12.8 Å². The summed E-state index contributed by atoms with van der Waals surface area (Å²) in [6, 6.07) is 8.93. The van der Waals surface area contributed by atoms with Crippen LogP contribution in [0.1, 0.15) is 25.0 Å². The van der Waals surface area contributed by atoms with E-state index in [-0.39, 0.29) is 17.2 Å². The van der Waals surface area contributed by atoms with E-state index in [0.717, 1.165) is 17.5 Å². The first-order valence-corrected chi connectivity index (χ1v) is 6.44. The van der Waals surface area contributed by atoms with Crippen LogP contribution in [0.5, 0.6) is 17.2 Å². The summed E-state index contributed by atoms with van der Waals surface area (Å²) in [5.74, 6) is -0.468. The third-order valence-electron chi connectivity index (χ3n) is 3.34. The lowest BCUT2D eigenvalue weighted by Gasteiger charge is -2.14. The second-order valence-electron chi connectivity index (χ2n) is 4.52. The predicted octanol–water partition coefficient (Wildman–Crippen LogP) is 3.60. The van der Waals surface area contributed by atoms with Crippen molar-refractivity contribution < 1.29 is 15.3 Å². The van der Waals surface area contributed by atoms with Gasteiger partial charge in [-0.05, 0) is 24.0 Å². The summed E-state index contributed by atoms with van der Waals surface area (Å²) in [7, 11) is 0. The highest BCUT2D eigenvalue weighted by Gasteiger charge is 2.17. The molecule has 3 N–H and O–H groups in total. The molecule has 2 aromatic rings. The number of benzene rings is 2. The zero-order valence-electron chi connectivity index (χ0n) is 11.1. The van der Waals surface area contributed by atoms with Gasteiger partial charge in [-0.25, -0.2) is 0 Å². The van der Waals surface area contributed by atoms with Crippen molar-refractivity contribution in [1.29, 1.82) is 0 Å². The third-order valence-corrected chi connectivity index (χ3v) is 3.34. The van der Waals surface area contributed by atoms with E-state index in [4.69, 9.17) is 0 Å². The van der Waals surface area contributed by atoms with Crippen LogP contribution in [0, 0.1) is 0 Å². The van der Waals surface area contributed by atoms with Crippen LogP contribution in [-0.4, -0.2) is 15.3 Å². The number of phenols is 3. The Balaban J connectivity index is 2.72. The Kier molecular flexibility index (Phi) is 3.65. The number of rotatable bonds is 3. The number of hydrogen-bond acceptors (Lipinski definition) is 3. The molecule has 0 radical (unpaired) electrons. The maximum Gasteiger partial charge on any atom is 0.165 e. The molecule has 0 amide bonds. The Morgan fingerprint density at radius 2 is 1.63 bits per heavy atom. The van der Waals surface area contributed by atoms with Gasteiger partial charge in [0.05, 0.1) is 0 Å². The predicted molar refractivity (Wildman–Crippen MR) is 75.6 cm³/mol. The summed E-state index contributed by atoms with van der Waals surface area (Å²) in [5.41, 5.74) is 3.10. The quantitative estimate of drug-likeness (QED) is 0.582. The topological polar surface area (TPSA) is 60.7 Å². The minimum Gasteiger partial charge on any atom is -0.508 e. The van der Waals surface area contributed by atoms with Gasteiger partial charge < -0.3 is 15.3 Å². The Morgan fingerprint density at radius 1 is 0.895 bits per heavy atom. The van der Waals surface area contributed by atoms with Crippen molar-refractivity contribution in [2.75, 3.05) is 0 Å². The van der Waals surface area contributed by atoms with Crippen LogP contribution in [0.25, 0.3) is 11.1 Å². The van der Waals surface area contributed by atoms with Gasteiger partial charge >= 0.3 is 0 Å². The monoisotopic (exact) mass is 258 g/mol. The fraction of sp³-hybridized carbons (Fsp3) is 0.250. The average Bonchev–Trinajstić information content (AvgIpc) is 2.42. The van der Waals surface area contributed by atoms with Crippen LogP contribution in [0.3, 0.4) is 0 Å². The molecule has 0 unspecified atom stereocenters. The summed E-state index contributed by atoms with van der Waals surface area (Å²) in [5, 5.41) is 29.7. The van der Waals surface area contributed by atoms with Crippen LogP contribution in [0.4, 0.5) is 0 Å². The van der Waals surface area contributed by atoms with Crippen LogP contribution in [0.2, 0.25) is 0 Å². The van der Waals surface area contributed by atoms with Crippen LogP contribution < -0.4 is 0 Å². The molecule has 0 bridgehead atoms. The minimum absolute atomic E-state index is 0.00898. The molecule has 0 atom stereocenters. The van der Waals surface area contributed by atoms with E-state index in [1.165, 1.54) is 6.07 Å². The first-order valence-electron chi connectivity index (χ1n) is 6.44. The largest absolute Gasteiger partial charge is 0.508 e. The molecule has 2 aromatic carbocycles. The molecule has 2 rings (SSSR count). The maximum atomic E-state index is 10.1. The molecular weight excluding hydrogens is 240 g/mol. The van der Waals surface area contributed by atoms with E-state index in [2.05, 4.69) is 6.92 Å². The van der Waals surface area contributed by atoms with Gasteiger partial charge in [0.2, 0.25) is 0 Å². The van der Waals surface area contributed by atoms with Crippen molar-refractivity contribution in [3.8, 4) is 28.4 Å². The smallest absolute Gasteiger partial charge is 0.165 e. The molecule has 0 aliphatic rings. The third kappa shape index (κ3) is 2.36. The maximum absolute atomic E-state index is 10.1. The van der Waals surface area contributed by atoms with Gasteiger partial charge in [0.25, 0.3) is 0 Å². The van der Waals surface area contributed by atoms with Gasteiger partial charge in [-0.15, -0.1) is 0 Å². The van der Waals surface area contributed by atoms with E-state index in [1.807, 2.05) is 31.2 Å². The average molecular weight is 258 g/mol. The first kappa shape index (κ1) is 13.3. The molecular formula is C16H18O3. The second-order valence-corrected chi connectivity index (χ2v) is 4.52. The Bertz CT molecular complexity index is 603. The number of phenolic OH excluding ortho intramolecular Hbond substituents is 3. The summed E-state index contributed by atoms with van der Waals surface area (Å²) >= 11 is 0. The van der Waals surface area contributed by atoms with Crippen molar-refractivity contribution >= 4 is 0 Å². The highest BCUT2D eigenvalue weighted by Crippen LogP contribution is 2.44. The SMILES string of the molecule is CCc1cccc(-c2c(O)c(O)cc(O)c2CC)c1. The Morgan fingerprint density at radius 3 is 2.26 bits per heavy atom. The second kappa shape index (κ2) is 5.22. The van der Waals surface area contributed by atoms with Crippen molar-refractivity contribution in [2.45, 2.75) is 26.7 Å². The van der Waals surface area contributed by atoms with Gasteiger partial charge in [-0.3, -0.25) is 0 Å². The first-order chi connectivity index (χ1) is 9.08. The van der Waals surface area contributed by atoms with E-state index in [1.54, 1.807) is 0 Å². The van der Waals surface area contributed by atoms with Gasteiger partial charge in [-0.1, -0.05) is 38.1 Å². The molecule has 3 heteroatoms. The standard InChI is InChI=1S/C16H18O3/c1-3-10-6-5-7-11(8-10)15-12(4-2)13(17)9-14(18)16(15)19/h5-9,17-19H,3-4H2,1-2H3. The van der Waals surface area contributed by atoms with Gasteiger partial charge in [0, 0.05) is 17.2 Å². The molecule has 0 aromatic heterocycles. The number of aryl methyl sites for hydroxylation is 1. The van der Waals surface area contributed by atoms with Gasteiger partial charge in [0.1, 0.15) is 5.75 Å². The Hall–Kier alpha value is -2.16. The van der Waals surface area contributed by atoms with E-state index in [9.17, 15) is 15.3 Å². The molecule has 0 heterocycles. The Labute approximate surface area is 112 Å². The summed E-state index contributed by atoms with van der Waals surface area (Å²) < 4.78 is 0. The van der Waals surface area contributed by atoms with Gasteiger partial charge in [-0.2, -0.15) is 0 Å². The normalized spacial score (nSPS) is 10.6.